The highest BCUT2D eigenvalue weighted by Crippen LogP contribution is 2.23. The molecule has 11 heteroatoms. The van der Waals surface area contributed by atoms with Gasteiger partial charge in [-0.15, -0.1) is 0 Å². The number of carbonyl (C=O) groups excluding carboxylic acids is 1. The smallest absolute Gasteiger partial charge is 0.387 e. The van der Waals surface area contributed by atoms with Gasteiger partial charge < -0.3 is 10.1 Å². The third-order valence-corrected chi connectivity index (χ3v) is 4.22. The van der Waals surface area contributed by atoms with Crippen LogP contribution in [0.15, 0.2) is 47.4 Å². The molecule has 0 bridgehead atoms. The Morgan fingerprint density at radius 3 is 2.31 bits per heavy atom. The number of nitro benzene ring substituents is 1. The van der Waals surface area contributed by atoms with Gasteiger partial charge in [0, 0.05) is 29.6 Å². The van der Waals surface area contributed by atoms with Gasteiger partial charge in [-0.3, -0.25) is 14.9 Å². The third kappa shape index (κ3) is 4.96. The zero-order valence-electron chi connectivity index (χ0n) is 13.2. The lowest BCUT2D eigenvalue weighted by Crippen LogP contribution is -2.13. The van der Waals surface area contributed by atoms with Crippen LogP contribution >= 0.6 is 0 Å². The highest BCUT2D eigenvalue weighted by Gasteiger charge is 2.19. The molecule has 0 aliphatic rings. The van der Waals surface area contributed by atoms with E-state index in [1.54, 1.807) is 0 Å². The second kappa shape index (κ2) is 7.44. The van der Waals surface area contributed by atoms with Crippen molar-refractivity contribution in [2.45, 2.75) is 11.5 Å². The Hall–Kier alpha value is -3.08. The van der Waals surface area contributed by atoms with Gasteiger partial charge in [-0.05, 0) is 30.3 Å². The Kier molecular flexibility index (Phi) is 5.50. The highest BCUT2D eigenvalue weighted by molar-refractivity contribution is 7.90. The molecule has 1 N–H and O–H groups in total. The van der Waals surface area contributed by atoms with Gasteiger partial charge in [0.1, 0.15) is 5.75 Å². The minimum absolute atomic E-state index is 0.118. The lowest BCUT2D eigenvalue weighted by molar-refractivity contribution is -0.385. The van der Waals surface area contributed by atoms with E-state index in [9.17, 15) is 32.1 Å². The molecule has 0 unspecified atom stereocenters. The van der Waals surface area contributed by atoms with Crippen molar-refractivity contribution in [3.63, 3.8) is 0 Å². The quantitative estimate of drug-likeness (QED) is 0.603. The number of amides is 1. The Balaban J connectivity index is 2.29. The number of ether oxygens (including phenoxy) is 1. The van der Waals surface area contributed by atoms with E-state index in [0.717, 1.165) is 24.5 Å². The summed E-state index contributed by atoms with van der Waals surface area (Å²) in [5, 5.41) is 13.3. The van der Waals surface area contributed by atoms with Gasteiger partial charge in [-0.2, -0.15) is 8.78 Å². The molecule has 1 amide bonds. The van der Waals surface area contributed by atoms with Gasteiger partial charge in [-0.25, -0.2) is 8.42 Å². The summed E-state index contributed by atoms with van der Waals surface area (Å²) in [5.41, 5.74) is -0.602. The van der Waals surface area contributed by atoms with E-state index in [1.807, 2.05) is 0 Å². The van der Waals surface area contributed by atoms with Crippen LogP contribution in [0.1, 0.15) is 10.4 Å². The number of anilines is 1. The predicted octanol–water partition coefficient (Wildman–Crippen LogP) is 2.85. The van der Waals surface area contributed by atoms with E-state index in [2.05, 4.69) is 10.1 Å². The number of nitrogens with one attached hydrogen (secondary N) is 1. The normalized spacial score (nSPS) is 11.2. The minimum atomic E-state index is -3.78. The lowest BCUT2D eigenvalue weighted by Gasteiger charge is -2.08. The number of carbonyl (C=O) groups is 1. The van der Waals surface area contributed by atoms with Crippen molar-refractivity contribution in [3.05, 3.63) is 58.1 Å². The second-order valence-corrected chi connectivity index (χ2v) is 7.12. The van der Waals surface area contributed by atoms with Crippen LogP contribution in [0.5, 0.6) is 5.75 Å². The van der Waals surface area contributed by atoms with Crippen LogP contribution in [-0.4, -0.2) is 32.1 Å². The number of benzene rings is 2. The van der Waals surface area contributed by atoms with Gasteiger partial charge >= 0.3 is 6.61 Å². The summed E-state index contributed by atoms with van der Waals surface area (Å²) in [4.78, 5) is 22.0. The summed E-state index contributed by atoms with van der Waals surface area (Å²) >= 11 is 0. The summed E-state index contributed by atoms with van der Waals surface area (Å²) in [6.07, 6.45) is 0.857. The fraction of sp³-hybridized carbons (Fsp3) is 0.133. The van der Waals surface area contributed by atoms with E-state index in [0.29, 0.717) is 0 Å². The Bertz CT molecular complexity index is 945. The van der Waals surface area contributed by atoms with Crippen molar-refractivity contribution < 1.29 is 31.7 Å². The van der Waals surface area contributed by atoms with Crippen LogP contribution in [0.4, 0.5) is 20.2 Å². The second-order valence-electron chi connectivity index (χ2n) is 5.10. The summed E-state index contributed by atoms with van der Waals surface area (Å²) in [6, 6.07) is 7.73. The van der Waals surface area contributed by atoms with E-state index >= 15 is 0 Å². The molecule has 2 rings (SSSR count). The maximum absolute atomic E-state index is 12.3. The SMILES string of the molecule is CS(=O)(=O)c1cc(C(=O)Nc2ccc(OC(F)F)cc2)cc([N+](=O)[O-])c1. The summed E-state index contributed by atoms with van der Waals surface area (Å²) in [5.74, 6) is -0.922. The number of hydrogen-bond acceptors (Lipinski definition) is 6. The number of nitro groups is 1. The van der Waals surface area contributed by atoms with E-state index < -0.39 is 33.0 Å². The van der Waals surface area contributed by atoms with Gasteiger partial charge in [0.2, 0.25) is 0 Å². The van der Waals surface area contributed by atoms with E-state index in [1.165, 1.54) is 24.3 Å². The van der Waals surface area contributed by atoms with Gasteiger partial charge in [0.25, 0.3) is 11.6 Å². The van der Waals surface area contributed by atoms with Crippen LogP contribution in [0.25, 0.3) is 0 Å². The van der Waals surface area contributed by atoms with E-state index in [-0.39, 0.29) is 21.9 Å². The summed E-state index contributed by atoms with van der Waals surface area (Å²) < 4.78 is 51.6. The number of non-ortho nitro benzene ring substituents is 1. The molecule has 0 aromatic heterocycles. The lowest BCUT2D eigenvalue weighted by atomic mass is 10.2. The monoisotopic (exact) mass is 386 g/mol. The molecule has 0 spiro atoms. The number of sulfone groups is 1. The maximum Gasteiger partial charge on any atom is 0.387 e. The molecule has 0 radical (unpaired) electrons. The Labute approximate surface area is 146 Å². The average molecular weight is 386 g/mol. The first-order chi connectivity index (χ1) is 12.1. The van der Waals surface area contributed by atoms with Crippen molar-refractivity contribution in [2.24, 2.45) is 0 Å². The van der Waals surface area contributed by atoms with Gasteiger partial charge in [-0.1, -0.05) is 0 Å². The molecule has 8 nitrogen and oxygen atoms in total. The zero-order chi connectivity index (χ0) is 19.5. The number of alkyl halides is 2. The molecule has 0 saturated heterocycles. The fourth-order valence-corrected chi connectivity index (χ4v) is 2.63. The van der Waals surface area contributed by atoms with Gasteiger partial charge in [0.05, 0.1) is 9.82 Å². The number of rotatable bonds is 6. The highest BCUT2D eigenvalue weighted by atomic mass is 32.2. The molecule has 0 heterocycles. The molecule has 0 aliphatic heterocycles. The van der Waals surface area contributed by atoms with Crippen molar-refractivity contribution in [2.75, 3.05) is 11.6 Å². The first-order valence-electron chi connectivity index (χ1n) is 6.92. The van der Waals surface area contributed by atoms with Crippen LogP contribution in [0.3, 0.4) is 0 Å². The first-order valence-corrected chi connectivity index (χ1v) is 8.81. The molecule has 138 valence electrons. The predicted molar refractivity (Wildman–Crippen MR) is 87.2 cm³/mol. The molecule has 0 aliphatic carbocycles. The minimum Gasteiger partial charge on any atom is -0.435 e. The van der Waals surface area contributed by atoms with Crippen LogP contribution in [-0.2, 0) is 9.84 Å². The molecule has 0 saturated carbocycles. The molecular weight excluding hydrogens is 374 g/mol. The van der Waals surface area contributed by atoms with Crippen LogP contribution in [0, 0.1) is 10.1 Å². The Morgan fingerprint density at radius 2 is 1.81 bits per heavy atom. The van der Waals surface area contributed by atoms with Gasteiger partial charge in [0.15, 0.2) is 9.84 Å². The standard InChI is InChI=1S/C15H12F2N2O6S/c1-26(23,24)13-7-9(6-11(8-13)19(21)22)14(20)18-10-2-4-12(5-3-10)25-15(16)17/h2-8,15H,1H3,(H,18,20). The molecule has 2 aromatic rings. The molecular formula is C15H12F2N2O6S. The number of hydrogen-bond donors (Lipinski definition) is 1. The van der Waals surface area contributed by atoms with Crippen molar-refractivity contribution in [1.29, 1.82) is 0 Å². The van der Waals surface area contributed by atoms with Crippen LogP contribution < -0.4 is 10.1 Å². The first kappa shape index (κ1) is 19.2. The van der Waals surface area contributed by atoms with Crippen molar-refractivity contribution in [3.8, 4) is 5.75 Å². The summed E-state index contributed by atoms with van der Waals surface area (Å²) in [6.45, 7) is -2.99. The fourth-order valence-electron chi connectivity index (χ4n) is 1.96. The molecule has 26 heavy (non-hydrogen) atoms. The average Bonchev–Trinajstić information content (AvgIpc) is 2.55. The Morgan fingerprint density at radius 1 is 1.19 bits per heavy atom. The molecule has 2 aromatic carbocycles. The summed E-state index contributed by atoms with van der Waals surface area (Å²) in [7, 11) is -3.78. The number of nitrogens with zero attached hydrogens (tertiary/aromatic N) is 1. The van der Waals surface area contributed by atoms with Crippen molar-refractivity contribution in [1.82, 2.24) is 0 Å². The number of halogens is 2. The zero-order valence-corrected chi connectivity index (χ0v) is 14.0. The van der Waals surface area contributed by atoms with Crippen LogP contribution in [0.2, 0.25) is 0 Å². The van der Waals surface area contributed by atoms with E-state index in [4.69, 9.17) is 0 Å². The molecule has 0 fully saturated rings. The third-order valence-electron chi connectivity index (χ3n) is 3.13. The largest absolute Gasteiger partial charge is 0.435 e. The molecule has 0 atom stereocenters. The topological polar surface area (TPSA) is 116 Å². The maximum atomic E-state index is 12.3. The van der Waals surface area contributed by atoms with Crippen molar-refractivity contribution >= 4 is 27.1 Å².